The van der Waals surface area contributed by atoms with Crippen LogP contribution in [0.25, 0.3) is 0 Å². The second-order valence-corrected chi connectivity index (χ2v) is 1.48. The Kier molecular flexibility index (Phi) is 16.2. The summed E-state index contributed by atoms with van der Waals surface area (Å²) < 4.78 is 0. The first-order valence-electron chi connectivity index (χ1n) is 2.87. The third-order valence-corrected chi connectivity index (χ3v) is 0.667. The Morgan fingerprint density at radius 1 is 1.33 bits per heavy atom. The molecule has 0 saturated carbocycles. The van der Waals surface area contributed by atoms with Gasteiger partial charge in [0.25, 0.3) is 0 Å². The van der Waals surface area contributed by atoms with E-state index in [0.29, 0.717) is 0 Å². The molecular formula is C7H11LaO4-. The van der Waals surface area contributed by atoms with E-state index in [-0.39, 0.29) is 41.2 Å². The summed E-state index contributed by atoms with van der Waals surface area (Å²) in [6.45, 7) is 8.01. The standard InChI is InChI=1S/C5H6O4.C2H5.La/c1-3(5(8)9)2-4(6)7;1-2;/h1-2H2,(H,6,7)(H,8,9);1H2,2H3;/q;-1;. The third kappa shape index (κ3) is 12.5. The minimum Gasteiger partial charge on any atom is -0.481 e. The summed E-state index contributed by atoms with van der Waals surface area (Å²) in [5.41, 5.74) is -0.303. The molecule has 12 heavy (non-hydrogen) atoms. The Hall–Kier alpha value is -0.125. The van der Waals surface area contributed by atoms with Crippen LogP contribution in [0.15, 0.2) is 12.2 Å². The van der Waals surface area contributed by atoms with E-state index < -0.39 is 18.4 Å². The molecule has 5 heteroatoms. The zero-order chi connectivity index (χ0) is 9.44. The number of rotatable bonds is 3. The Balaban J connectivity index is -0.000000249. The maximum absolute atomic E-state index is 9.87. The van der Waals surface area contributed by atoms with E-state index in [9.17, 15) is 9.59 Å². The normalized spacial score (nSPS) is 6.83. The van der Waals surface area contributed by atoms with Crippen molar-refractivity contribution >= 4 is 11.9 Å². The maximum Gasteiger partial charge on any atom is 0.331 e. The molecule has 0 rings (SSSR count). The van der Waals surface area contributed by atoms with Crippen molar-refractivity contribution in [3.63, 3.8) is 0 Å². The zero-order valence-electron chi connectivity index (χ0n) is 6.91. The molecule has 0 aliphatic heterocycles. The van der Waals surface area contributed by atoms with Crippen molar-refractivity contribution in [1.82, 2.24) is 0 Å². The van der Waals surface area contributed by atoms with Crippen LogP contribution < -0.4 is 0 Å². The Morgan fingerprint density at radius 2 is 1.67 bits per heavy atom. The van der Waals surface area contributed by atoms with Gasteiger partial charge in [0, 0.05) is 41.2 Å². The van der Waals surface area contributed by atoms with Gasteiger partial charge in [-0.05, 0) is 0 Å². The summed E-state index contributed by atoms with van der Waals surface area (Å²) in [7, 11) is 0. The number of hydrogen-bond acceptors (Lipinski definition) is 2. The van der Waals surface area contributed by atoms with Crippen LogP contribution in [0.5, 0.6) is 0 Å². The van der Waals surface area contributed by atoms with Crippen molar-refractivity contribution in [3.05, 3.63) is 19.1 Å². The second kappa shape index (κ2) is 10.9. The third-order valence-electron chi connectivity index (χ3n) is 0.667. The van der Waals surface area contributed by atoms with Gasteiger partial charge >= 0.3 is 11.9 Å². The van der Waals surface area contributed by atoms with Crippen LogP contribution >= 0.6 is 0 Å². The summed E-state index contributed by atoms with van der Waals surface area (Å²) in [6, 6.07) is 0. The van der Waals surface area contributed by atoms with Crippen LogP contribution in [0, 0.1) is 42.5 Å². The molecule has 0 fully saturated rings. The van der Waals surface area contributed by atoms with Gasteiger partial charge in [0.2, 0.25) is 0 Å². The number of hydrogen-bond donors (Lipinski definition) is 2. The molecule has 0 aliphatic rings. The molecule has 0 spiro atoms. The maximum atomic E-state index is 9.87. The summed E-state index contributed by atoms with van der Waals surface area (Å²) in [4.78, 5) is 19.7. The second-order valence-electron chi connectivity index (χ2n) is 1.48. The first-order valence-corrected chi connectivity index (χ1v) is 2.87. The Bertz CT molecular complexity index is 165. The molecule has 0 aliphatic carbocycles. The molecular weight excluding hydrogens is 287 g/mol. The van der Waals surface area contributed by atoms with Crippen LogP contribution in [-0.4, -0.2) is 22.2 Å². The molecule has 0 atom stereocenters. The largest absolute Gasteiger partial charge is 0.481 e. The molecule has 0 aromatic carbocycles. The molecule has 0 unspecified atom stereocenters. The van der Waals surface area contributed by atoms with Gasteiger partial charge in [-0.15, -0.1) is 0 Å². The zero-order valence-corrected chi connectivity index (χ0v) is 10.5. The van der Waals surface area contributed by atoms with Gasteiger partial charge in [0.05, 0.1) is 6.42 Å². The molecule has 1 radical (unpaired) electrons. The van der Waals surface area contributed by atoms with E-state index in [0.717, 1.165) is 0 Å². The van der Waals surface area contributed by atoms with Gasteiger partial charge in [-0.2, -0.15) is 6.92 Å². The van der Waals surface area contributed by atoms with Crippen molar-refractivity contribution in [2.45, 2.75) is 13.3 Å². The summed E-state index contributed by atoms with van der Waals surface area (Å²) >= 11 is 0. The average molecular weight is 298 g/mol. The van der Waals surface area contributed by atoms with Crippen LogP contribution in [0.1, 0.15) is 13.3 Å². The molecule has 4 nitrogen and oxygen atoms in total. The van der Waals surface area contributed by atoms with Crippen LogP contribution in [0.3, 0.4) is 0 Å². The number of carboxylic acid groups (broad SMARTS) is 2. The fourth-order valence-corrected chi connectivity index (χ4v) is 0.258. The van der Waals surface area contributed by atoms with Gasteiger partial charge in [-0.1, -0.05) is 6.58 Å². The number of carboxylic acids is 2. The fourth-order valence-electron chi connectivity index (χ4n) is 0.258. The topological polar surface area (TPSA) is 74.6 Å². The molecule has 0 aromatic heterocycles. The number of carbonyl (C=O) groups is 2. The van der Waals surface area contributed by atoms with E-state index in [2.05, 4.69) is 13.5 Å². The van der Waals surface area contributed by atoms with Crippen molar-refractivity contribution < 1.29 is 55.4 Å². The fraction of sp³-hybridized carbons (Fsp3) is 0.286. The molecule has 0 aromatic rings. The van der Waals surface area contributed by atoms with Crippen molar-refractivity contribution in [2.75, 3.05) is 0 Å². The SMILES string of the molecule is C=C(CC(=O)O)C(=O)O.[CH2-]C.[La]. The van der Waals surface area contributed by atoms with Crippen LogP contribution in [0.2, 0.25) is 0 Å². The molecule has 0 amide bonds. The van der Waals surface area contributed by atoms with Gasteiger partial charge in [-0.3, -0.25) is 4.79 Å². The van der Waals surface area contributed by atoms with Crippen LogP contribution in [-0.2, 0) is 9.59 Å². The summed E-state index contributed by atoms with van der Waals surface area (Å²) in [5, 5.41) is 16.1. The van der Waals surface area contributed by atoms with Crippen molar-refractivity contribution in [1.29, 1.82) is 0 Å². The molecule has 0 bridgehead atoms. The molecule has 67 valence electrons. The predicted octanol–water partition coefficient (Wildman–Crippen LogP) is 0.942. The smallest absolute Gasteiger partial charge is 0.331 e. The van der Waals surface area contributed by atoms with E-state index in [1.54, 1.807) is 6.92 Å². The Morgan fingerprint density at radius 3 is 1.75 bits per heavy atom. The molecule has 0 saturated heterocycles. The summed E-state index contributed by atoms with van der Waals surface area (Å²) in [5.74, 6) is -2.44. The Labute approximate surface area is 99.3 Å². The van der Waals surface area contributed by atoms with Gasteiger partial charge in [0.15, 0.2) is 0 Å². The quantitative estimate of drug-likeness (QED) is 0.601. The van der Waals surface area contributed by atoms with Crippen LogP contribution in [0.4, 0.5) is 0 Å². The van der Waals surface area contributed by atoms with Crippen molar-refractivity contribution in [2.24, 2.45) is 0 Å². The van der Waals surface area contributed by atoms with E-state index in [1.807, 2.05) is 0 Å². The monoisotopic (exact) mass is 298 g/mol. The van der Waals surface area contributed by atoms with Gasteiger partial charge in [-0.25, -0.2) is 4.79 Å². The minimum absolute atomic E-state index is 0. The molecule has 2 N–H and O–H groups in total. The first-order chi connectivity index (χ1) is 5.04. The van der Waals surface area contributed by atoms with E-state index in [1.165, 1.54) is 0 Å². The van der Waals surface area contributed by atoms with Crippen molar-refractivity contribution in [3.8, 4) is 0 Å². The van der Waals surface area contributed by atoms with Gasteiger partial charge < -0.3 is 17.1 Å². The van der Waals surface area contributed by atoms with E-state index >= 15 is 0 Å². The summed E-state index contributed by atoms with van der Waals surface area (Å²) in [6.07, 6.45) is -0.505. The van der Waals surface area contributed by atoms with Gasteiger partial charge in [0.1, 0.15) is 0 Å². The average Bonchev–Trinajstić information content (AvgIpc) is 1.90. The first kappa shape index (κ1) is 17.8. The minimum atomic E-state index is -1.27. The molecule has 0 heterocycles. The van der Waals surface area contributed by atoms with E-state index in [4.69, 9.17) is 10.2 Å². The number of aliphatic carboxylic acids is 2. The predicted molar refractivity (Wildman–Crippen MR) is 40.1 cm³/mol.